The van der Waals surface area contributed by atoms with Crippen molar-refractivity contribution < 1.29 is 40.9 Å². The summed E-state index contributed by atoms with van der Waals surface area (Å²) in [4.78, 5) is 0. The molecule has 0 aromatic carbocycles. The zero-order valence-corrected chi connectivity index (χ0v) is 7.24. The zero-order valence-electron chi connectivity index (χ0n) is 7.24. The van der Waals surface area contributed by atoms with Gasteiger partial charge in [0.1, 0.15) is 0 Å². The van der Waals surface area contributed by atoms with Crippen LogP contribution in [0.4, 0.5) is 26.3 Å². The number of alkyl halides is 6. The van der Waals surface area contributed by atoms with Gasteiger partial charge in [-0.05, 0) is 0 Å². The number of hydrogen-bond donors (Lipinski definition) is 1. The van der Waals surface area contributed by atoms with Crippen LogP contribution in [0.3, 0.4) is 0 Å². The second-order valence-corrected chi connectivity index (χ2v) is 2.89. The van der Waals surface area contributed by atoms with Crippen LogP contribution in [0, 0.1) is 0 Å². The molecule has 9 heteroatoms. The molecule has 0 spiro atoms. The third-order valence-corrected chi connectivity index (χ3v) is 2.10. The van der Waals surface area contributed by atoms with E-state index < -0.39 is 30.3 Å². The van der Waals surface area contributed by atoms with Gasteiger partial charge in [-0.25, -0.2) is 9.13 Å². The van der Waals surface area contributed by atoms with Crippen LogP contribution in [0.15, 0.2) is 0 Å². The van der Waals surface area contributed by atoms with E-state index >= 15 is 0 Å². The summed E-state index contributed by atoms with van der Waals surface area (Å²) in [5, 5.41) is 8.27. The highest BCUT2D eigenvalue weighted by atomic mass is 19.3. The van der Waals surface area contributed by atoms with Crippen LogP contribution in [-0.2, 0) is 9.47 Å². The first-order valence-corrected chi connectivity index (χ1v) is 3.57. The SMILES string of the molecule is COC1(F)C(F)(F)OC(F)(F)C1(F)CO. The highest BCUT2D eigenvalue weighted by Crippen LogP contribution is 2.59. The maximum Gasteiger partial charge on any atom is 0.423 e. The summed E-state index contributed by atoms with van der Waals surface area (Å²) in [5.41, 5.74) is -4.67. The first-order chi connectivity index (χ1) is 6.58. The fourth-order valence-electron chi connectivity index (χ4n) is 1.20. The molecule has 1 aliphatic heterocycles. The molecule has 0 aromatic heterocycles. The second-order valence-electron chi connectivity index (χ2n) is 2.89. The molecule has 1 aliphatic rings. The van der Waals surface area contributed by atoms with Gasteiger partial charge in [-0.15, -0.1) is 0 Å². The Morgan fingerprint density at radius 1 is 1.07 bits per heavy atom. The quantitative estimate of drug-likeness (QED) is 0.737. The summed E-state index contributed by atoms with van der Waals surface area (Å²) in [6.07, 6.45) is -10.4. The molecule has 0 amide bonds. The van der Waals surface area contributed by atoms with Crippen LogP contribution in [-0.4, -0.2) is 42.6 Å². The molecule has 0 aliphatic carbocycles. The Morgan fingerprint density at radius 3 is 1.80 bits per heavy atom. The first-order valence-electron chi connectivity index (χ1n) is 3.57. The maximum atomic E-state index is 13.3. The predicted molar refractivity (Wildman–Crippen MR) is 32.8 cm³/mol. The molecule has 2 atom stereocenters. The highest BCUT2D eigenvalue weighted by molar-refractivity contribution is 5.10. The number of rotatable bonds is 2. The topological polar surface area (TPSA) is 38.7 Å². The number of halogens is 6. The van der Waals surface area contributed by atoms with Crippen LogP contribution in [0.2, 0.25) is 0 Å². The van der Waals surface area contributed by atoms with E-state index in [1.807, 2.05) is 0 Å². The third kappa shape index (κ3) is 1.20. The summed E-state index contributed by atoms with van der Waals surface area (Å²) in [6, 6.07) is 0. The van der Waals surface area contributed by atoms with Gasteiger partial charge in [-0.2, -0.15) is 22.0 Å². The first kappa shape index (κ1) is 12.5. The van der Waals surface area contributed by atoms with Crippen molar-refractivity contribution in [2.45, 2.75) is 23.7 Å². The minimum atomic E-state index is -5.21. The molecule has 0 bridgehead atoms. The van der Waals surface area contributed by atoms with Gasteiger partial charge in [0.15, 0.2) is 0 Å². The molecule has 0 radical (unpaired) electrons. The number of hydrogen-bond acceptors (Lipinski definition) is 3. The highest BCUT2D eigenvalue weighted by Gasteiger charge is 2.88. The van der Waals surface area contributed by atoms with Crippen molar-refractivity contribution in [1.82, 2.24) is 0 Å². The van der Waals surface area contributed by atoms with E-state index in [0.717, 1.165) is 0 Å². The molecular formula is C6H6F6O3. The normalized spacial score (nSPS) is 43.2. The molecular weight excluding hydrogens is 234 g/mol. The van der Waals surface area contributed by atoms with Crippen molar-refractivity contribution in [1.29, 1.82) is 0 Å². The average molecular weight is 240 g/mol. The Bertz CT molecular complexity index is 246. The van der Waals surface area contributed by atoms with Gasteiger partial charge in [0.2, 0.25) is 0 Å². The lowest BCUT2D eigenvalue weighted by molar-refractivity contribution is -0.375. The van der Waals surface area contributed by atoms with Gasteiger partial charge >= 0.3 is 18.1 Å². The summed E-state index contributed by atoms with van der Waals surface area (Å²) >= 11 is 0. The minimum absolute atomic E-state index is 0.253. The zero-order chi connectivity index (χ0) is 12.1. The molecule has 15 heavy (non-hydrogen) atoms. The lowest BCUT2D eigenvalue weighted by Crippen LogP contribution is -2.60. The lowest BCUT2D eigenvalue weighted by atomic mass is 9.98. The summed E-state index contributed by atoms with van der Waals surface area (Å²) in [7, 11) is 0.253. The molecule has 1 rings (SSSR count). The van der Waals surface area contributed by atoms with E-state index in [1.54, 1.807) is 0 Å². The summed E-state index contributed by atoms with van der Waals surface area (Å²) in [6.45, 7) is -2.22. The average Bonchev–Trinajstić information content (AvgIpc) is 2.21. The third-order valence-electron chi connectivity index (χ3n) is 2.10. The summed E-state index contributed by atoms with van der Waals surface area (Å²) in [5.74, 6) is -4.75. The Balaban J connectivity index is 3.34. The van der Waals surface area contributed by atoms with Gasteiger partial charge in [0.25, 0.3) is 5.67 Å². The number of methoxy groups -OCH3 is 1. The van der Waals surface area contributed by atoms with Gasteiger partial charge in [-0.3, -0.25) is 0 Å². The standard InChI is InChI=1S/C6H6F6O3/c1-14-4(8)3(7,2-13)5(9,10)15-6(4,11)12/h13H,2H2,1H3. The largest absolute Gasteiger partial charge is 0.423 e. The van der Waals surface area contributed by atoms with Crippen LogP contribution >= 0.6 is 0 Å². The number of aliphatic hydroxyl groups is 1. The molecule has 0 saturated carbocycles. The predicted octanol–water partition coefficient (Wildman–Crippen LogP) is 1.22. The van der Waals surface area contributed by atoms with Crippen LogP contribution < -0.4 is 0 Å². The number of ether oxygens (including phenoxy) is 2. The Morgan fingerprint density at radius 2 is 1.53 bits per heavy atom. The van der Waals surface area contributed by atoms with Crippen LogP contribution in [0.5, 0.6) is 0 Å². The fourth-order valence-corrected chi connectivity index (χ4v) is 1.20. The molecule has 3 nitrogen and oxygen atoms in total. The Kier molecular flexibility index (Phi) is 2.49. The number of aliphatic hydroxyl groups excluding tert-OH is 1. The van der Waals surface area contributed by atoms with Crippen molar-refractivity contribution in [2.75, 3.05) is 13.7 Å². The van der Waals surface area contributed by atoms with E-state index in [-0.39, 0.29) is 7.11 Å². The van der Waals surface area contributed by atoms with E-state index in [4.69, 9.17) is 5.11 Å². The van der Waals surface area contributed by atoms with Crippen molar-refractivity contribution in [3.8, 4) is 0 Å². The van der Waals surface area contributed by atoms with E-state index in [1.165, 1.54) is 0 Å². The van der Waals surface area contributed by atoms with Crippen molar-refractivity contribution in [2.24, 2.45) is 0 Å². The van der Waals surface area contributed by atoms with Crippen molar-refractivity contribution in [3.05, 3.63) is 0 Å². The Labute approximate surface area is 79.6 Å². The monoisotopic (exact) mass is 240 g/mol. The van der Waals surface area contributed by atoms with Crippen LogP contribution in [0.25, 0.3) is 0 Å². The van der Waals surface area contributed by atoms with E-state index in [0.29, 0.717) is 0 Å². The molecule has 1 saturated heterocycles. The minimum Gasteiger partial charge on any atom is -0.392 e. The fraction of sp³-hybridized carbons (Fsp3) is 1.00. The van der Waals surface area contributed by atoms with Crippen molar-refractivity contribution in [3.63, 3.8) is 0 Å². The lowest BCUT2D eigenvalue weighted by Gasteiger charge is -2.31. The molecule has 2 unspecified atom stereocenters. The molecule has 1 fully saturated rings. The summed E-state index contributed by atoms with van der Waals surface area (Å²) < 4.78 is 83.0. The Hall–Kier alpha value is -0.540. The van der Waals surface area contributed by atoms with E-state index in [2.05, 4.69) is 9.47 Å². The van der Waals surface area contributed by atoms with Gasteiger partial charge in [0, 0.05) is 7.11 Å². The molecule has 1 heterocycles. The smallest absolute Gasteiger partial charge is 0.392 e. The molecule has 90 valence electrons. The van der Waals surface area contributed by atoms with E-state index in [9.17, 15) is 26.3 Å². The van der Waals surface area contributed by atoms with Crippen LogP contribution in [0.1, 0.15) is 0 Å². The van der Waals surface area contributed by atoms with Gasteiger partial charge in [0.05, 0.1) is 6.61 Å². The molecule has 0 aromatic rings. The second kappa shape index (κ2) is 2.98. The van der Waals surface area contributed by atoms with Crippen molar-refractivity contribution >= 4 is 0 Å². The van der Waals surface area contributed by atoms with Gasteiger partial charge in [-0.1, -0.05) is 0 Å². The van der Waals surface area contributed by atoms with Gasteiger partial charge < -0.3 is 9.84 Å². The maximum absolute atomic E-state index is 13.3. The molecule has 1 N–H and O–H groups in total.